The van der Waals surface area contributed by atoms with Crippen molar-refractivity contribution in [2.45, 2.75) is 25.4 Å². The Morgan fingerprint density at radius 3 is 2.88 bits per heavy atom. The Kier molecular flexibility index (Phi) is 3.32. The first kappa shape index (κ1) is 15.7. The number of nitrogens with zero attached hydrogens (tertiary/aromatic N) is 6. The number of rotatable bonds is 2. The van der Waals surface area contributed by atoms with E-state index in [1.54, 1.807) is 6.20 Å². The van der Waals surface area contributed by atoms with E-state index in [1.165, 1.54) is 6.33 Å². The second-order valence-corrected chi connectivity index (χ2v) is 7.46. The van der Waals surface area contributed by atoms with Gasteiger partial charge in [-0.25, -0.2) is 19.9 Å². The fourth-order valence-corrected chi connectivity index (χ4v) is 4.44. The largest absolute Gasteiger partial charge is 0.633 e. The highest BCUT2D eigenvalue weighted by Gasteiger charge is 2.56. The predicted molar refractivity (Wildman–Crippen MR) is 94.6 cm³/mol. The molecule has 3 saturated heterocycles. The van der Waals surface area contributed by atoms with Crippen LogP contribution in [-0.4, -0.2) is 62.0 Å². The second kappa shape index (κ2) is 5.49. The summed E-state index contributed by atoms with van der Waals surface area (Å²) in [6.45, 7) is 4.37. The molecule has 0 amide bonds. The summed E-state index contributed by atoms with van der Waals surface area (Å²) < 4.78 is 7.93. The lowest BCUT2D eigenvalue weighted by Gasteiger charge is -2.58. The summed E-state index contributed by atoms with van der Waals surface area (Å²) in [7, 11) is 0. The highest BCUT2D eigenvalue weighted by Crippen LogP contribution is 2.44. The van der Waals surface area contributed by atoms with Gasteiger partial charge in [0, 0.05) is 37.2 Å². The molecular weight excluding hydrogens is 334 g/mol. The van der Waals surface area contributed by atoms with Crippen LogP contribution in [0.3, 0.4) is 0 Å². The van der Waals surface area contributed by atoms with Gasteiger partial charge in [-0.2, -0.15) is 0 Å². The number of ether oxygens (including phenoxy) is 1. The molecule has 1 spiro atoms. The minimum absolute atomic E-state index is 0.142. The molecule has 1 N–H and O–H groups in total. The van der Waals surface area contributed by atoms with E-state index in [0.717, 1.165) is 24.5 Å². The van der Waals surface area contributed by atoms with Crippen molar-refractivity contribution in [1.82, 2.24) is 19.5 Å². The molecule has 2 aromatic heterocycles. The number of aryl methyl sites for hydroxylation is 1. The number of anilines is 1. The Hall–Kier alpha value is -2.52. The number of fused-ring (bicyclic) bond motifs is 2. The average Bonchev–Trinajstić information content (AvgIpc) is 3.22. The molecule has 0 unspecified atom stereocenters. The highest BCUT2D eigenvalue weighted by atomic mass is 16.6. The van der Waals surface area contributed by atoms with Crippen LogP contribution in [0, 0.1) is 18.0 Å². The zero-order valence-electron chi connectivity index (χ0n) is 14.6. The quantitative estimate of drug-likeness (QED) is 0.643. The zero-order chi connectivity index (χ0) is 17.8. The Labute approximate surface area is 150 Å². The number of amidine groups is 1. The number of piperidine rings is 3. The van der Waals surface area contributed by atoms with Gasteiger partial charge in [0.25, 0.3) is 6.02 Å². The summed E-state index contributed by atoms with van der Waals surface area (Å²) in [6, 6.07) is 2.27. The van der Waals surface area contributed by atoms with E-state index < -0.39 is 5.60 Å². The van der Waals surface area contributed by atoms with Crippen LogP contribution in [0.25, 0.3) is 5.82 Å². The van der Waals surface area contributed by atoms with Gasteiger partial charge in [0.05, 0.1) is 19.6 Å². The molecule has 6 heterocycles. The molecule has 0 aliphatic carbocycles. The first-order chi connectivity index (χ1) is 12.6. The SMILES string of the molecule is Cc1nccn1-c1cc(NC2=NC[C@@]3(C[N+]4([O-])CCC3CC4)O2)ncn1. The summed E-state index contributed by atoms with van der Waals surface area (Å²) in [5.41, 5.74) is -0.447. The normalized spacial score (nSPS) is 32.5. The summed E-state index contributed by atoms with van der Waals surface area (Å²) in [5.74, 6) is 2.58. The van der Waals surface area contributed by atoms with Crippen molar-refractivity contribution < 1.29 is 9.38 Å². The number of hydrogen-bond donors (Lipinski definition) is 1. The van der Waals surface area contributed by atoms with E-state index in [0.29, 0.717) is 43.9 Å². The molecule has 4 aliphatic heterocycles. The first-order valence-electron chi connectivity index (χ1n) is 8.95. The minimum atomic E-state index is -0.447. The second-order valence-electron chi connectivity index (χ2n) is 7.46. The third kappa shape index (κ3) is 2.46. The van der Waals surface area contributed by atoms with Gasteiger partial charge in [-0.3, -0.25) is 9.88 Å². The third-order valence-electron chi connectivity index (χ3n) is 5.82. The predicted octanol–water partition coefficient (Wildman–Crippen LogP) is 1.25. The molecule has 0 aromatic carbocycles. The van der Waals surface area contributed by atoms with Crippen LogP contribution in [-0.2, 0) is 4.74 Å². The number of quaternary nitrogens is 1. The number of hydroxylamine groups is 3. The number of aromatic nitrogens is 4. The first-order valence-corrected chi connectivity index (χ1v) is 8.95. The summed E-state index contributed by atoms with van der Waals surface area (Å²) >= 11 is 0. The van der Waals surface area contributed by atoms with E-state index in [-0.39, 0.29) is 4.65 Å². The molecule has 1 atom stereocenters. The van der Waals surface area contributed by atoms with Gasteiger partial charge in [0.1, 0.15) is 30.3 Å². The molecule has 2 bridgehead atoms. The van der Waals surface area contributed by atoms with Gasteiger partial charge in [0.15, 0.2) is 5.60 Å². The van der Waals surface area contributed by atoms with Gasteiger partial charge < -0.3 is 14.6 Å². The summed E-state index contributed by atoms with van der Waals surface area (Å²) in [5, 5.41) is 15.9. The van der Waals surface area contributed by atoms with E-state index in [2.05, 4.69) is 25.3 Å². The molecule has 3 fully saturated rings. The lowest BCUT2D eigenvalue weighted by Crippen LogP contribution is -2.67. The molecule has 0 radical (unpaired) electrons. The lowest BCUT2D eigenvalue weighted by atomic mass is 9.75. The van der Waals surface area contributed by atoms with Crippen molar-refractivity contribution in [2.24, 2.45) is 10.9 Å². The van der Waals surface area contributed by atoms with Crippen molar-refractivity contribution in [1.29, 1.82) is 0 Å². The van der Waals surface area contributed by atoms with Gasteiger partial charge in [-0.15, -0.1) is 0 Å². The molecule has 2 aromatic rings. The van der Waals surface area contributed by atoms with Crippen LogP contribution < -0.4 is 5.32 Å². The fraction of sp³-hybridized carbons (Fsp3) is 0.529. The smallest absolute Gasteiger partial charge is 0.291 e. The molecule has 6 rings (SSSR count). The molecule has 4 aliphatic rings. The van der Waals surface area contributed by atoms with Crippen molar-refractivity contribution >= 4 is 11.8 Å². The summed E-state index contributed by atoms with van der Waals surface area (Å²) in [4.78, 5) is 17.3. The average molecular weight is 355 g/mol. The van der Waals surface area contributed by atoms with Gasteiger partial charge in [-0.1, -0.05) is 0 Å². The van der Waals surface area contributed by atoms with Gasteiger partial charge >= 0.3 is 0 Å². The molecular formula is C17H21N7O2. The van der Waals surface area contributed by atoms with Crippen molar-refractivity contribution in [2.75, 3.05) is 31.5 Å². The third-order valence-corrected chi connectivity index (χ3v) is 5.82. The van der Waals surface area contributed by atoms with Crippen molar-refractivity contribution in [3.63, 3.8) is 0 Å². The lowest BCUT2D eigenvalue weighted by molar-refractivity contribution is -0.905. The van der Waals surface area contributed by atoms with Gasteiger partial charge in [-0.05, 0) is 6.92 Å². The standard InChI is InChI=1S/C17H21N7O2/c1-12-18-4-5-23(12)15-8-14(20-11-21-15)22-16-19-9-17(26-16)10-24(25)6-2-13(17)3-7-24/h4-5,8,11,13H,2-3,6-7,9-10H2,1H3,(H,19,20,21,22)/t13?,17-,24?/m0/s1. The Bertz CT molecular complexity index is 872. The van der Waals surface area contributed by atoms with E-state index in [9.17, 15) is 5.21 Å². The highest BCUT2D eigenvalue weighted by molar-refractivity contribution is 5.89. The molecule has 9 nitrogen and oxygen atoms in total. The number of nitrogens with one attached hydrogen (secondary N) is 1. The van der Waals surface area contributed by atoms with Crippen LogP contribution in [0.1, 0.15) is 18.7 Å². The van der Waals surface area contributed by atoms with E-state index >= 15 is 0 Å². The number of imidazole rings is 1. The van der Waals surface area contributed by atoms with Gasteiger partial charge in [0.2, 0.25) is 0 Å². The summed E-state index contributed by atoms with van der Waals surface area (Å²) in [6.07, 6.45) is 6.92. The van der Waals surface area contributed by atoms with Crippen LogP contribution in [0.5, 0.6) is 0 Å². The monoisotopic (exact) mass is 355 g/mol. The topological polar surface area (TPSA) is 100 Å². The maximum Gasteiger partial charge on any atom is 0.291 e. The van der Waals surface area contributed by atoms with Crippen LogP contribution in [0.2, 0.25) is 0 Å². The molecule has 9 heteroatoms. The molecule has 136 valence electrons. The maximum atomic E-state index is 12.7. The van der Waals surface area contributed by atoms with Crippen LogP contribution >= 0.6 is 0 Å². The fourth-order valence-electron chi connectivity index (χ4n) is 4.44. The van der Waals surface area contributed by atoms with Crippen molar-refractivity contribution in [3.8, 4) is 5.82 Å². The Morgan fingerprint density at radius 2 is 2.15 bits per heavy atom. The van der Waals surface area contributed by atoms with Crippen molar-refractivity contribution in [3.05, 3.63) is 35.8 Å². The van der Waals surface area contributed by atoms with E-state index in [1.807, 2.05) is 23.8 Å². The number of aliphatic imine (C=N–C) groups is 1. The number of hydrogen-bond acceptors (Lipinski definition) is 7. The Balaban J connectivity index is 1.33. The van der Waals surface area contributed by atoms with Crippen LogP contribution in [0.15, 0.2) is 29.8 Å². The maximum absolute atomic E-state index is 12.7. The molecule has 0 saturated carbocycles. The minimum Gasteiger partial charge on any atom is -0.633 e. The zero-order valence-corrected chi connectivity index (χ0v) is 14.6. The van der Waals surface area contributed by atoms with E-state index in [4.69, 9.17) is 4.74 Å². The van der Waals surface area contributed by atoms with Crippen LogP contribution in [0.4, 0.5) is 5.82 Å². The molecule has 26 heavy (non-hydrogen) atoms. The Morgan fingerprint density at radius 1 is 1.31 bits per heavy atom.